The normalized spacial score (nSPS) is 21.4. The summed E-state index contributed by atoms with van der Waals surface area (Å²) in [4.78, 5) is 0. The molecule has 0 bridgehead atoms. The second-order valence-electron chi connectivity index (χ2n) is 5.24. The maximum atomic E-state index is 5.66. The Kier molecular flexibility index (Phi) is 4.78. The number of hydrogen-bond acceptors (Lipinski definition) is 3. The Morgan fingerprint density at radius 2 is 2.44 bits per heavy atom. The van der Waals surface area contributed by atoms with Gasteiger partial charge in [0.2, 0.25) is 0 Å². The van der Waals surface area contributed by atoms with E-state index in [1.807, 2.05) is 18.8 Å². The van der Waals surface area contributed by atoms with E-state index in [4.69, 9.17) is 4.74 Å². The van der Waals surface area contributed by atoms with E-state index in [1.54, 1.807) is 0 Å². The van der Waals surface area contributed by atoms with Gasteiger partial charge in [-0.2, -0.15) is 5.10 Å². The van der Waals surface area contributed by atoms with Crippen molar-refractivity contribution >= 4 is 0 Å². The van der Waals surface area contributed by atoms with Crippen molar-refractivity contribution in [2.45, 2.75) is 51.2 Å². The van der Waals surface area contributed by atoms with Gasteiger partial charge in [0.05, 0.1) is 17.8 Å². The zero-order valence-electron chi connectivity index (χ0n) is 11.8. The highest BCUT2D eigenvalue weighted by Crippen LogP contribution is 2.22. The zero-order chi connectivity index (χ0) is 13.0. The molecule has 2 rings (SSSR count). The number of rotatable bonds is 6. The lowest BCUT2D eigenvalue weighted by molar-refractivity contribution is 0.101. The fourth-order valence-electron chi connectivity index (χ4n) is 2.62. The van der Waals surface area contributed by atoms with Crippen molar-refractivity contribution < 1.29 is 4.74 Å². The fourth-order valence-corrected chi connectivity index (χ4v) is 2.62. The van der Waals surface area contributed by atoms with Crippen molar-refractivity contribution in [1.29, 1.82) is 0 Å². The van der Waals surface area contributed by atoms with E-state index in [0.29, 0.717) is 12.1 Å². The molecule has 0 radical (unpaired) electrons. The molecule has 0 saturated carbocycles. The maximum Gasteiger partial charge on any atom is 0.0796 e. The Bertz CT molecular complexity index is 350. The lowest BCUT2D eigenvalue weighted by atomic mass is 10.0. The van der Waals surface area contributed by atoms with E-state index < -0.39 is 0 Å². The first-order chi connectivity index (χ1) is 8.70. The Morgan fingerprint density at radius 1 is 1.61 bits per heavy atom. The van der Waals surface area contributed by atoms with E-state index >= 15 is 0 Å². The van der Waals surface area contributed by atoms with Crippen LogP contribution in [0.2, 0.25) is 0 Å². The first kappa shape index (κ1) is 13.6. The van der Waals surface area contributed by atoms with E-state index in [9.17, 15) is 0 Å². The molecular formula is C14H25N3O. The van der Waals surface area contributed by atoms with Crippen molar-refractivity contribution in [3.05, 3.63) is 17.5 Å². The molecule has 1 N–H and O–H groups in total. The molecule has 2 unspecified atom stereocenters. The predicted octanol–water partition coefficient (Wildman–Crippen LogP) is 2.34. The monoisotopic (exact) mass is 251 g/mol. The molecule has 1 aromatic heterocycles. The second kappa shape index (κ2) is 6.34. The number of ether oxygens (including phenoxy) is 1. The lowest BCUT2D eigenvalue weighted by Crippen LogP contribution is -2.18. The van der Waals surface area contributed by atoms with E-state index in [0.717, 1.165) is 18.7 Å². The topological polar surface area (TPSA) is 39.1 Å². The molecule has 4 nitrogen and oxygen atoms in total. The first-order valence-corrected chi connectivity index (χ1v) is 7.00. The summed E-state index contributed by atoms with van der Waals surface area (Å²) in [5, 5.41) is 7.92. The van der Waals surface area contributed by atoms with Crippen LogP contribution in [0.25, 0.3) is 0 Å². The molecule has 1 aliphatic rings. The highest BCUT2D eigenvalue weighted by atomic mass is 16.5. The van der Waals surface area contributed by atoms with Crippen LogP contribution in [0.5, 0.6) is 0 Å². The van der Waals surface area contributed by atoms with Gasteiger partial charge in [-0.15, -0.1) is 0 Å². The van der Waals surface area contributed by atoms with Gasteiger partial charge in [0.1, 0.15) is 0 Å². The summed E-state index contributed by atoms with van der Waals surface area (Å²) < 4.78 is 7.60. The van der Waals surface area contributed by atoms with Crippen molar-refractivity contribution in [3.63, 3.8) is 0 Å². The van der Waals surface area contributed by atoms with Crippen molar-refractivity contribution in [1.82, 2.24) is 15.1 Å². The lowest BCUT2D eigenvalue weighted by Gasteiger charge is -2.15. The summed E-state index contributed by atoms with van der Waals surface area (Å²) >= 11 is 0. The summed E-state index contributed by atoms with van der Waals surface area (Å²) in [6, 6.07) is 2.54. The largest absolute Gasteiger partial charge is 0.378 e. The minimum atomic E-state index is 0.367. The average Bonchev–Trinajstić information content (AvgIpc) is 2.96. The highest BCUT2D eigenvalue weighted by Gasteiger charge is 2.17. The molecule has 1 aliphatic heterocycles. The smallest absolute Gasteiger partial charge is 0.0796 e. The van der Waals surface area contributed by atoms with Crippen molar-refractivity contribution in [3.8, 4) is 0 Å². The van der Waals surface area contributed by atoms with Gasteiger partial charge in [-0.25, -0.2) is 0 Å². The van der Waals surface area contributed by atoms with Crippen molar-refractivity contribution in [2.24, 2.45) is 7.05 Å². The van der Waals surface area contributed by atoms with Gasteiger partial charge in [0.25, 0.3) is 0 Å². The number of aryl methyl sites for hydroxylation is 2. The molecule has 2 atom stereocenters. The molecule has 4 heteroatoms. The standard InChI is InChI=1S/C14H25N3O/c1-11-10-14(16-17(11)3)13(15-2)8-4-6-12-7-5-9-18-12/h10,12-13,15H,4-9H2,1-3H3. The summed E-state index contributed by atoms with van der Waals surface area (Å²) in [6.45, 7) is 3.05. The minimum Gasteiger partial charge on any atom is -0.378 e. The molecule has 18 heavy (non-hydrogen) atoms. The summed E-state index contributed by atoms with van der Waals surface area (Å²) in [6.07, 6.45) is 6.50. The molecule has 1 saturated heterocycles. The second-order valence-corrected chi connectivity index (χ2v) is 5.24. The predicted molar refractivity (Wildman–Crippen MR) is 72.6 cm³/mol. The first-order valence-electron chi connectivity index (χ1n) is 7.00. The molecule has 1 aromatic rings. The molecule has 102 valence electrons. The van der Waals surface area contributed by atoms with Crippen LogP contribution < -0.4 is 5.32 Å². The van der Waals surface area contributed by atoms with Gasteiger partial charge in [-0.1, -0.05) is 0 Å². The van der Waals surface area contributed by atoms with E-state index in [-0.39, 0.29) is 0 Å². The van der Waals surface area contributed by atoms with Gasteiger partial charge in [-0.3, -0.25) is 4.68 Å². The van der Waals surface area contributed by atoms with Gasteiger partial charge in [-0.05, 0) is 52.1 Å². The Morgan fingerprint density at radius 3 is 3.00 bits per heavy atom. The SMILES string of the molecule is CNC(CCCC1CCCO1)c1cc(C)n(C)n1. The average molecular weight is 251 g/mol. The number of aromatic nitrogens is 2. The highest BCUT2D eigenvalue weighted by molar-refractivity contribution is 5.12. The molecular weight excluding hydrogens is 226 g/mol. The Balaban J connectivity index is 1.81. The Labute approximate surface area is 110 Å². The van der Waals surface area contributed by atoms with Crippen LogP contribution in [0, 0.1) is 6.92 Å². The molecule has 0 aliphatic carbocycles. The Hall–Kier alpha value is -0.870. The third-order valence-corrected chi connectivity index (χ3v) is 3.88. The molecule has 0 spiro atoms. The van der Waals surface area contributed by atoms with Crippen LogP contribution in [0.4, 0.5) is 0 Å². The third kappa shape index (κ3) is 3.33. The molecule has 1 fully saturated rings. The number of nitrogens with zero attached hydrogens (tertiary/aromatic N) is 2. The molecule has 2 heterocycles. The van der Waals surface area contributed by atoms with Crippen molar-refractivity contribution in [2.75, 3.05) is 13.7 Å². The maximum absolute atomic E-state index is 5.66. The van der Waals surface area contributed by atoms with Gasteiger partial charge in [0, 0.05) is 19.3 Å². The number of nitrogens with one attached hydrogen (secondary N) is 1. The van der Waals surface area contributed by atoms with Crippen LogP contribution in [0.1, 0.15) is 49.5 Å². The molecule has 0 aromatic carbocycles. The van der Waals surface area contributed by atoms with Gasteiger partial charge < -0.3 is 10.1 Å². The van der Waals surface area contributed by atoms with Gasteiger partial charge in [0.15, 0.2) is 0 Å². The van der Waals surface area contributed by atoms with Crippen LogP contribution in [0.3, 0.4) is 0 Å². The van der Waals surface area contributed by atoms with Crippen LogP contribution in [-0.2, 0) is 11.8 Å². The molecule has 0 amide bonds. The summed E-state index contributed by atoms with van der Waals surface area (Å²) in [7, 11) is 4.01. The van der Waals surface area contributed by atoms with E-state index in [1.165, 1.54) is 31.4 Å². The van der Waals surface area contributed by atoms with Crippen LogP contribution in [0.15, 0.2) is 6.07 Å². The minimum absolute atomic E-state index is 0.367. The summed E-state index contributed by atoms with van der Waals surface area (Å²) in [5.74, 6) is 0. The third-order valence-electron chi connectivity index (χ3n) is 3.88. The zero-order valence-corrected chi connectivity index (χ0v) is 11.8. The van der Waals surface area contributed by atoms with Gasteiger partial charge >= 0.3 is 0 Å². The fraction of sp³-hybridized carbons (Fsp3) is 0.786. The quantitative estimate of drug-likeness (QED) is 0.843. The van der Waals surface area contributed by atoms with Crippen LogP contribution in [-0.4, -0.2) is 29.5 Å². The van der Waals surface area contributed by atoms with E-state index in [2.05, 4.69) is 23.4 Å². The number of hydrogen-bond donors (Lipinski definition) is 1. The summed E-state index contributed by atoms with van der Waals surface area (Å²) in [5.41, 5.74) is 2.37. The van der Waals surface area contributed by atoms with Crippen LogP contribution >= 0.6 is 0 Å².